The van der Waals surface area contributed by atoms with Gasteiger partial charge in [-0.1, -0.05) is 0 Å². The highest BCUT2D eigenvalue weighted by atomic mass is 19.1. The third-order valence-electron chi connectivity index (χ3n) is 3.01. The van der Waals surface area contributed by atoms with Crippen LogP contribution in [0, 0.1) is 11.7 Å². The van der Waals surface area contributed by atoms with Gasteiger partial charge in [0.2, 0.25) is 11.8 Å². The van der Waals surface area contributed by atoms with E-state index in [1.165, 1.54) is 6.07 Å². The molecule has 1 aromatic carbocycles. The van der Waals surface area contributed by atoms with Crippen LogP contribution in [-0.2, 0) is 9.59 Å². The highest BCUT2D eigenvalue weighted by Gasteiger charge is 2.35. The Morgan fingerprint density at radius 3 is 2.63 bits per heavy atom. The van der Waals surface area contributed by atoms with Crippen molar-refractivity contribution in [3.05, 3.63) is 29.6 Å². The molecule has 0 bridgehead atoms. The molecule has 7 heteroatoms. The summed E-state index contributed by atoms with van der Waals surface area (Å²) in [5, 5.41) is 9.02. The summed E-state index contributed by atoms with van der Waals surface area (Å²) in [6, 6.07) is 3.11. The molecule has 0 aromatic heterocycles. The number of aromatic carboxylic acids is 1. The average Bonchev–Trinajstić information content (AvgIpc) is 2.71. The molecule has 6 nitrogen and oxygen atoms in total. The van der Waals surface area contributed by atoms with E-state index in [1.54, 1.807) is 0 Å². The Kier molecular flexibility index (Phi) is 3.20. The molecule has 1 aliphatic rings. The number of halogens is 1. The molecule has 3 N–H and O–H groups in total. The lowest BCUT2D eigenvalue weighted by atomic mass is 10.1. The Morgan fingerprint density at radius 2 is 2.11 bits per heavy atom. The molecular weight excluding hydrogens is 255 g/mol. The van der Waals surface area contributed by atoms with Crippen molar-refractivity contribution in [3.8, 4) is 0 Å². The lowest BCUT2D eigenvalue weighted by Gasteiger charge is -2.18. The summed E-state index contributed by atoms with van der Waals surface area (Å²) in [7, 11) is 0. The molecule has 19 heavy (non-hydrogen) atoms. The van der Waals surface area contributed by atoms with Gasteiger partial charge in [0.1, 0.15) is 5.82 Å². The van der Waals surface area contributed by atoms with E-state index in [-0.39, 0.29) is 24.2 Å². The number of carboxylic acid groups (broad SMARTS) is 1. The first kappa shape index (κ1) is 13.0. The number of hydrogen-bond acceptors (Lipinski definition) is 3. The van der Waals surface area contributed by atoms with Crippen molar-refractivity contribution in [2.45, 2.75) is 6.42 Å². The summed E-state index contributed by atoms with van der Waals surface area (Å²) in [4.78, 5) is 35.1. The second kappa shape index (κ2) is 4.68. The van der Waals surface area contributed by atoms with Gasteiger partial charge in [0.15, 0.2) is 0 Å². The molecule has 1 aromatic rings. The fraction of sp³-hybridized carbons (Fsp3) is 0.250. The molecule has 100 valence electrons. The molecule has 0 saturated carbocycles. The van der Waals surface area contributed by atoms with Crippen LogP contribution < -0.4 is 10.6 Å². The number of hydrogen-bond donors (Lipinski definition) is 2. The van der Waals surface area contributed by atoms with Gasteiger partial charge < -0.3 is 15.7 Å². The standard InChI is InChI=1S/C12H11FN2O4/c13-7-1-2-9(8(4-7)12(18)19)15-5-6(11(14)17)3-10(15)16/h1-2,4,6H,3,5H2,(H2,14,17)(H,18,19). The summed E-state index contributed by atoms with van der Waals surface area (Å²) in [6.45, 7) is 0.0140. The van der Waals surface area contributed by atoms with Crippen molar-refractivity contribution in [2.75, 3.05) is 11.4 Å². The van der Waals surface area contributed by atoms with E-state index in [9.17, 15) is 18.8 Å². The third-order valence-corrected chi connectivity index (χ3v) is 3.01. The highest BCUT2D eigenvalue weighted by molar-refractivity contribution is 6.05. The average molecular weight is 266 g/mol. The van der Waals surface area contributed by atoms with Crippen LogP contribution in [0.2, 0.25) is 0 Å². The minimum Gasteiger partial charge on any atom is -0.478 e. The highest BCUT2D eigenvalue weighted by Crippen LogP contribution is 2.28. The van der Waals surface area contributed by atoms with E-state index >= 15 is 0 Å². The normalized spacial score (nSPS) is 18.7. The summed E-state index contributed by atoms with van der Waals surface area (Å²) in [5.74, 6) is -3.73. The van der Waals surface area contributed by atoms with Crippen LogP contribution in [0.25, 0.3) is 0 Å². The van der Waals surface area contributed by atoms with E-state index in [1.807, 2.05) is 0 Å². The predicted molar refractivity (Wildman–Crippen MR) is 63.0 cm³/mol. The number of carbonyl (C=O) groups is 3. The number of amides is 2. The van der Waals surface area contributed by atoms with Crippen LogP contribution in [0.15, 0.2) is 18.2 Å². The maximum absolute atomic E-state index is 13.1. The molecule has 1 fully saturated rings. The molecule has 0 spiro atoms. The maximum Gasteiger partial charge on any atom is 0.337 e. The topological polar surface area (TPSA) is 101 Å². The second-order valence-electron chi connectivity index (χ2n) is 4.27. The minimum absolute atomic E-state index is 0.0140. The van der Waals surface area contributed by atoms with Gasteiger partial charge in [0, 0.05) is 13.0 Å². The Morgan fingerprint density at radius 1 is 1.42 bits per heavy atom. The van der Waals surface area contributed by atoms with Crippen LogP contribution in [0.4, 0.5) is 10.1 Å². The number of nitrogens with zero attached hydrogens (tertiary/aromatic N) is 1. The molecule has 1 unspecified atom stereocenters. The quantitative estimate of drug-likeness (QED) is 0.824. The van der Waals surface area contributed by atoms with Crippen molar-refractivity contribution in [1.82, 2.24) is 0 Å². The van der Waals surface area contributed by atoms with Gasteiger partial charge in [-0.25, -0.2) is 9.18 Å². The molecule has 2 rings (SSSR count). The second-order valence-corrected chi connectivity index (χ2v) is 4.27. The van der Waals surface area contributed by atoms with Crippen LogP contribution in [0.1, 0.15) is 16.8 Å². The summed E-state index contributed by atoms with van der Waals surface area (Å²) in [5.41, 5.74) is 4.88. The van der Waals surface area contributed by atoms with Gasteiger partial charge in [-0.15, -0.1) is 0 Å². The molecule has 2 amide bonds. The zero-order chi connectivity index (χ0) is 14.2. The Labute approximate surface area is 107 Å². The Hall–Kier alpha value is -2.44. The van der Waals surface area contributed by atoms with Crippen molar-refractivity contribution < 1.29 is 23.9 Å². The van der Waals surface area contributed by atoms with Gasteiger partial charge in [0.05, 0.1) is 17.2 Å². The predicted octanol–water partition coefficient (Wildman–Crippen LogP) is 0.362. The summed E-state index contributed by atoms with van der Waals surface area (Å²) < 4.78 is 13.1. The third kappa shape index (κ3) is 2.40. The zero-order valence-electron chi connectivity index (χ0n) is 9.80. The molecule has 1 aliphatic heterocycles. The largest absolute Gasteiger partial charge is 0.478 e. The van der Waals surface area contributed by atoms with Gasteiger partial charge in [-0.05, 0) is 18.2 Å². The minimum atomic E-state index is -1.34. The maximum atomic E-state index is 13.1. The molecule has 0 radical (unpaired) electrons. The molecule has 0 aliphatic carbocycles. The number of rotatable bonds is 3. The number of benzene rings is 1. The Balaban J connectivity index is 2.40. The van der Waals surface area contributed by atoms with E-state index < -0.39 is 29.5 Å². The SMILES string of the molecule is NC(=O)C1CC(=O)N(c2ccc(F)cc2C(=O)O)C1. The van der Waals surface area contributed by atoms with Crippen LogP contribution in [0.3, 0.4) is 0 Å². The molecule has 1 heterocycles. The molecule has 1 saturated heterocycles. The van der Waals surface area contributed by atoms with E-state index in [4.69, 9.17) is 10.8 Å². The molecular formula is C12H11FN2O4. The fourth-order valence-corrected chi connectivity index (χ4v) is 2.05. The first-order valence-electron chi connectivity index (χ1n) is 5.52. The monoisotopic (exact) mass is 266 g/mol. The van der Waals surface area contributed by atoms with Crippen molar-refractivity contribution in [1.29, 1.82) is 0 Å². The summed E-state index contributed by atoms with van der Waals surface area (Å²) >= 11 is 0. The van der Waals surface area contributed by atoms with Crippen molar-refractivity contribution >= 4 is 23.5 Å². The van der Waals surface area contributed by atoms with Crippen LogP contribution in [0.5, 0.6) is 0 Å². The number of carbonyl (C=O) groups excluding carboxylic acids is 2. The van der Waals surface area contributed by atoms with E-state index in [0.29, 0.717) is 0 Å². The lowest BCUT2D eigenvalue weighted by molar-refractivity contribution is -0.123. The van der Waals surface area contributed by atoms with E-state index in [2.05, 4.69) is 0 Å². The zero-order valence-corrected chi connectivity index (χ0v) is 9.80. The Bertz CT molecular complexity index is 573. The first-order valence-corrected chi connectivity index (χ1v) is 5.52. The van der Waals surface area contributed by atoms with Crippen molar-refractivity contribution in [2.24, 2.45) is 11.7 Å². The number of carboxylic acids is 1. The van der Waals surface area contributed by atoms with E-state index in [0.717, 1.165) is 17.0 Å². The van der Waals surface area contributed by atoms with Gasteiger partial charge in [-0.3, -0.25) is 9.59 Å². The number of anilines is 1. The van der Waals surface area contributed by atoms with Crippen LogP contribution >= 0.6 is 0 Å². The first-order chi connectivity index (χ1) is 8.90. The molecule has 1 atom stereocenters. The van der Waals surface area contributed by atoms with Crippen molar-refractivity contribution in [3.63, 3.8) is 0 Å². The number of primary amides is 1. The number of nitrogens with two attached hydrogens (primary N) is 1. The summed E-state index contributed by atoms with van der Waals surface area (Å²) in [6.07, 6.45) is -0.0637. The van der Waals surface area contributed by atoms with Gasteiger partial charge in [0.25, 0.3) is 0 Å². The van der Waals surface area contributed by atoms with Gasteiger partial charge >= 0.3 is 5.97 Å². The fourth-order valence-electron chi connectivity index (χ4n) is 2.05. The smallest absolute Gasteiger partial charge is 0.337 e. The van der Waals surface area contributed by atoms with Crippen LogP contribution in [-0.4, -0.2) is 29.4 Å². The lowest BCUT2D eigenvalue weighted by Crippen LogP contribution is -2.29. The van der Waals surface area contributed by atoms with Gasteiger partial charge in [-0.2, -0.15) is 0 Å².